The van der Waals surface area contributed by atoms with E-state index in [1.807, 2.05) is 51.1 Å². The fraction of sp³-hybridized carbons (Fsp3) is 0.409. The van der Waals surface area contributed by atoms with E-state index in [0.29, 0.717) is 5.56 Å². The fourth-order valence-corrected chi connectivity index (χ4v) is 3.48. The highest BCUT2D eigenvalue weighted by atomic mass is 16.5. The highest BCUT2D eigenvalue weighted by molar-refractivity contribution is 5.99. The van der Waals surface area contributed by atoms with Crippen molar-refractivity contribution >= 4 is 23.3 Å². The minimum atomic E-state index is -0.327. The molecule has 1 aromatic heterocycles. The Morgan fingerprint density at radius 3 is 2.52 bits per heavy atom. The molecule has 1 saturated heterocycles. The zero-order valence-corrected chi connectivity index (χ0v) is 17.1. The van der Waals surface area contributed by atoms with Crippen molar-refractivity contribution in [3.63, 3.8) is 0 Å². The predicted molar refractivity (Wildman–Crippen MR) is 113 cm³/mol. The van der Waals surface area contributed by atoms with Crippen molar-refractivity contribution in [3.05, 3.63) is 53.7 Å². The number of nitrogens with zero attached hydrogens (tertiary/aromatic N) is 2. The lowest BCUT2D eigenvalue weighted by atomic mass is 10.1. The van der Waals surface area contributed by atoms with Crippen molar-refractivity contribution < 1.29 is 14.3 Å². The van der Waals surface area contributed by atoms with E-state index in [9.17, 15) is 9.59 Å². The van der Waals surface area contributed by atoms with Crippen LogP contribution in [0.5, 0.6) is 0 Å². The van der Waals surface area contributed by atoms with Gasteiger partial charge < -0.3 is 20.3 Å². The van der Waals surface area contributed by atoms with Crippen molar-refractivity contribution in [1.29, 1.82) is 0 Å². The summed E-state index contributed by atoms with van der Waals surface area (Å²) in [7, 11) is 0. The summed E-state index contributed by atoms with van der Waals surface area (Å²) in [4.78, 5) is 31.1. The average molecular weight is 396 g/mol. The number of hydrogen-bond donors (Lipinski definition) is 2. The third-order valence-electron chi connectivity index (χ3n) is 4.84. The van der Waals surface area contributed by atoms with Gasteiger partial charge in [-0.05, 0) is 44.0 Å². The highest BCUT2D eigenvalue weighted by Crippen LogP contribution is 2.18. The van der Waals surface area contributed by atoms with E-state index in [-0.39, 0.29) is 30.6 Å². The first kappa shape index (κ1) is 20.8. The van der Waals surface area contributed by atoms with Gasteiger partial charge in [-0.15, -0.1) is 0 Å². The first-order valence-corrected chi connectivity index (χ1v) is 9.98. The maximum absolute atomic E-state index is 12.4. The maximum Gasteiger partial charge on any atom is 0.253 e. The summed E-state index contributed by atoms with van der Waals surface area (Å²) in [5.41, 5.74) is 2.25. The van der Waals surface area contributed by atoms with Gasteiger partial charge in [-0.3, -0.25) is 9.59 Å². The molecular weight excluding hydrogens is 368 g/mol. The predicted octanol–water partition coefficient (Wildman–Crippen LogP) is 2.63. The number of aromatic nitrogens is 1. The molecule has 29 heavy (non-hydrogen) atoms. The second-order valence-electron chi connectivity index (χ2n) is 7.31. The Kier molecular flexibility index (Phi) is 6.82. The zero-order valence-electron chi connectivity index (χ0n) is 17.1. The van der Waals surface area contributed by atoms with Crippen LogP contribution in [0.15, 0.2) is 42.6 Å². The van der Waals surface area contributed by atoms with Crippen LogP contribution >= 0.6 is 0 Å². The summed E-state index contributed by atoms with van der Waals surface area (Å²) in [5.74, 6) is 0.226. The van der Waals surface area contributed by atoms with Crippen LogP contribution in [0.1, 0.15) is 36.7 Å². The lowest BCUT2D eigenvalue weighted by Gasteiger charge is -2.36. The number of pyridine rings is 1. The van der Waals surface area contributed by atoms with Crippen LogP contribution < -0.4 is 15.5 Å². The number of carbonyl (C=O) groups excluding carboxylic acids is 2. The molecule has 2 amide bonds. The van der Waals surface area contributed by atoms with Gasteiger partial charge in [0, 0.05) is 25.0 Å². The third kappa shape index (κ3) is 5.54. The van der Waals surface area contributed by atoms with Gasteiger partial charge in [0.05, 0.1) is 24.3 Å². The molecule has 1 aromatic carbocycles. The third-order valence-corrected chi connectivity index (χ3v) is 4.84. The standard InChI is InChI=1S/C22H28N4O3/c1-4-17-7-5-6-8-19(17)25-21(27)12-24-22(28)18-9-10-20(23-11-18)26-13-15(2)29-16(3)14-26/h5-11,15-16H,4,12-14H2,1-3H3,(H,24,28)(H,25,27)/t15-,16-/m0/s1. The molecule has 0 spiro atoms. The van der Waals surface area contributed by atoms with Crippen LogP contribution in [-0.2, 0) is 16.0 Å². The average Bonchev–Trinajstić information content (AvgIpc) is 2.72. The molecule has 1 fully saturated rings. The van der Waals surface area contributed by atoms with E-state index < -0.39 is 0 Å². The molecule has 1 aliphatic heterocycles. The van der Waals surface area contributed by atoms with Crippen LogP contribution in [0.2, 0.25) is 0 Å². The molecule has 1 aliphatic rings. The molecule has 154 valence electrons. The Balaban J connectivity index is 1.53. The lowest BCUT2D eigenvalue weighted by Crippen LogP contribution is -2.45. The number of para-hydroxylation sites is 1. The summed E-state index contributed by atoms with van der Waals surface area (Å²) in [5, 5.41) is 5.49. The number of nitrogens with one attached hydrogen (secondary N) is 2. The Hall–Kier alpha value is -2.93. The van der Waals surface area contributed by atoms with E-state index in [4.69, 9.17) is 4.74 Å². The topological polar surface area (TPSA) is 83.6 Å². The number of carbonyl (C=O) groups is 2. The molecule has 2 heterocycles. The lowest BCUT2D eigenvalue weighted by molar-refractivity contribution is -0.115. The smallest absolute Gasteiger partial charge is 0.253 e. The number of ether oxygens (including phenoxy) is 1. The van der Waals surface area contributed by atoms with Gasteiger partial charge in [0.2, 0.25) is 5.91 Å². The summed E-state index contributed by atoms with van der Waals surface area (Å²) in [6.45, 7) is 7.53. The van der Waals surface area contributed by atoms with E-state index in [1.165, 1.54) is 0 Å². The molecule has 2 atom stereocenters. The van der Waals surface area contributed by atoms with Crippen molar-refractivity contribution in [2.75, 3.05) is 29.9 Å². The second-order valence-corrected chi connectivity index (χ2v) is 7.31. The number of hydrogen-bond acceptors (Lipinski definition) is 5. The van der Waals surface area contributed by atoms with Crippen molar-refractivity contribution in [2.24, 2.45) is 0 Å². The molecule has 7 heteroatoms. The van der Waals surface area contributed by atoms with Crippen molar-refractivity contribution in [1.82, 2.24) is 10.3 Å². The number of morpholine rings is 1. The van der Waals surface area contributed by atoms with E-state index >= 15 is 0 Å². The molecule has 0 aliphatic carbocycles. The number of rotatable bonds is 6. The summed E-state index contributed by atoms with van der Waals surface area (Å²) >= 11 is 0. The quantitative estimate of drug-likeness (QED) is 0.784. The van der Waals surface area contributed by atoms with Gasteiger partial charge in [-0.25, -0.2) is 4.98 Å². The van der Waals surface area contributed by atoms with Crippen molar-refractivity contribution in [3.8, 4) is 0 Å². The SMILES string of the molecule is CCc1ccccc1NC(=O)CNC(=O)c1ccc(N2C[C@H](C)O[C@@H](C)C2)nc1. The minimum Gasteiger partial charge on any atom is -0.372 e. The minimum absolute atomic E-state index is 0.100. The van der Waals surface area contributed by atoms with E-state index in [2.05, 4.69) is 20.5 Å². The first-order valence-electron chi connectivity index (χ1n) is 9.98. The fourth-order valence-electron chi connectivity index (χ4n) is 3.48. The molecule has 7 nitrogen and oxygen atoms in total. The Morgan fingerprint density at radius 1 is 1.14 bits per heavy atom. The van der Waals surface area contributed by atoms with Crippen LogP contribution in [0.25, 0.3) is 0 Å². The molecule has 0 saturated carbocycles. The van der Waals surface area contributed by atoms with Gasteiger partial charge in [-0.2, -0.15) is 0 Å². The van der Waals surface area contributed by atoms with Gasteiger partial charge in [0.15, 0.2) is 0 Å². The van der Waals surface area contributed by atoms with Crippen LogP contribution in [0.4, 0.5) is 11.5 Å². The Labute approximate surface area is 171 Å². The first-order chi connectivity index (χ1) is 14.0. The number of anilines is 2. The van der Waals surface area contributed by atoms with Crippen LogP contribution in [0.3, 0.4) is 0 Å². The van der Waals surface area contributed by atoms with Crippen molar-refractivity contribution in [2.45, 2.75) is 39.4 Å². The number of amides is 2. The summed E-state index contributed by atoms with van der Waals surface area (Å²) in [6.07, 6.45) is 2.64. The molecule has 0 radical (unpaired) electrons. The zero-order chi connectivity index (χ0) is 20.8. The van der Waals surface area contributed by atoms with Gasteiger partial charge in [0.25, 0.3) is 5.91 Å². The summed E-state index contributed by atoms with van der Waals surface area (Å²) < 4.78 is 5.74. The molecule has 3 rings (SSSR count). The van der Waals surface area contributed by atoms with Crippen LogP contribution in [0, 0.1) is 0 Å². The molecule has 2 N–H and O–H groups in total. The largest absolute Gasteiger partial charge is 0.372 e. The Bertz CT molecular complexity index is 843. The van der Waals surface area contributed by atoms with E-state index in [0.717, 1.165) is 36.6 Å². The van der Waals surface area contributed by atoms with Gasteiger partial charge in [-0.1, -0.05) is 25.1 Å². The molecule has 0 unspecified atom stereocenters. The maximum atomic E-state index is 12.4. The Morgan fingerprint density at radius 2 is 1.86 bits per heavy atom. The monoisotopic (exact) mass is 396 g/mol. The van der Waals surface area contributed by atoms with Crippen LogP contribution in [-0.4, -0.2) is 48.6 Å². The number of benzene rings is 1. The van der Waals surface area contributed by atoms with Gasteiger partial charge >= 0.3 is 0 Å². The van der Waals surface area contributed by atoms with E-state index in [1.54, 1.807) is 12.3 Å². The normalized spacial score (nSPS) is 18.9. The molecular formula is C22H28N4O3. The molecule has 2 aromatic rings. The summed E-state index contributed by atoms with van der Waals surface area (Å²) in [6, 6.07) is 11.2. The highest BCUT2D eigenvalue weighted by Gasteiger charge is 2.23. The molecule has 0 bridgehead atoms. The number of aryl methyl sites for hydroxylation is 1. The second kappa shape index (κ2) is 9.52. The van der Waals surface area contributed by atoms with Gasteiger partial charge in [0.1, 0.15) is 5.82 Å².